The molecule has 0 radical (unpaired) electrons. The maximum Gasteiger partial charge on any atom is 0.233 e. The summed E-state index contributed by atoms with van der Waals surface area (Å²) in [4.78, 5) is 14.1. The Labute approximate surface area is 131 Å². The van der Waals surface area contributed by atoms with E-state index in [0.717, 1.165) is 51.0 Å². The summed E-state index contributed by atoms with van der Waals surface area (Å²) in [5.74, 6) is 7.26. The number of thioether (sulfide) groups is 1. The highest BCUT2D eigenvalue weighted by atomic mass is 32.2. The van der Waals surface area contributed by atoms with Crippen molar-refractivity contribution in [1.82, 2.24) is 19.8 Å². The van der Waals surface area contributed by atoms with E-state index in [0.29, 0.717) is 10.9 Å². The van der Waals surface area contributed by atoms with Crippen LogP contribution in [-0.2, 0) is 11.2 Å². The van der Waals surface area contributed by atoms with E-state index in [-0.39, 0.29) is 5.91 Å². The van der Waals surface area contributed by atoms with E-state index in [4.69, 9.17) is 5.84 Å². The van der Waals surface area contributed by atoms with Crippen molar-refractivity contribution in [2.24, 2.45) is 0 Å². The molecule has 0 aliphatic heterocycles. The quantitative estimate of drug-likeness (QED) is 0.528. The van der Waals surface area contributed by atoms with Crippen LogP contribution in [-0.4, -0.2) is 44.5 Å². The lowest BCUT2D eigenvalue weighted by Gasteiger charge is -2.20. The molecule has 6 nitrogen and oxygen atoms in total. The van der Waals surface area contributed by atoms with Crippen LogP contribution in [0.3, 0.4) is 0 Å². The van der Waals surface area contributed by atoms with Gasteiger partial charge in [0.05, 0.1) is 5.75 Å². The lowest BCUT2D eigenvalue weighted by Crippen LogP contribution is -2.34. The minimum Gasteiger partial charge on any atom is -0.342 e. The number of nitrogens with two attached hydrogens (primary N) is 1. The predicted octanol–water partition coefficient (Wildman–Crippen LogP) is 2.08. The van der Waals surface area contributed by atoms with Crippen molar-refractivity contribution in [3.05, 3.63) is 5.82 Å². The van der Waals surface area contributed by atoms with E-state index < -0.39 is 0 Å². The first-order valence-electron chi connectivity index (χ1n) is 7.73. The standard InChI is InChI=1S/C14H27N5OS/c1-4-7-8-12-16-17-14(19(12)15)21-11-13(20)18(9-5-2)10-6-3/h4-11,15H2,1-3H3. The SMILES string of the molecule is CCCCc1nnc(SCC(=O)N(CCC)CCC)n1N. The molecule has 0 fully saturated rings. The van der Waals surface area contributed by atoms with Gasteiger partial charge in [-0.05, 0) is 19.3 Å². The van der Waals surface area contributed by atoms with Crippen molar-refractivity contribution < 1.29 is 4.79 Å². The van der Waals surface area contributed by atoms with Crippen molar-refractivity contribution in [3.8, 4) is 0 Å². The molecule has 1 rings (SSSR count). The van der Waals surface area contributed by atoms with E-state index in [1.54, 1.807) is 0 Å². The first-order valence-corrected chi connectivity index (χ1v) is 8.72. The van der Waals surface area contributed by atoms with Gasteiger partial charge in [0.1, 0.15) is 0 Å². The molecule has 0 spiro atoms. The molecule has 0 aliphatic carbocycles. The smallest absolute Gasteiger partial charge is 0.233 e. The van der Waals surface area contributed by atoms with Crippen LogP contribution in [0.4, 0.5) is 0 Å². The molecule has 0 unspecified atom stereocenters. The van der Waals surface area contributed by atoms with E-state index in [2.05, 4.69) is 31.0 Å². The molecule has 0 aliphatic rings. The molecule has 1 amide bonds. The molecule has 120 valence electrons. The summed E-state index contributed by atoms with van der Waals surface area (Å²) in [6.45, 7) is 7.91. The van der Waals surface area contributed by atoms with Crippen LogP contribution in [0.25, 0.3) is 0 Å². The van der Waals surface area contributed by atoms with Gasteiger partial charge in [-0.2, -0.15) is 0 Å². The fourth-order valence-corrected chi connectivity index (χ4v) is 2.81. The van der Waals surface area contributed by atoms with Crippen molar-refractivity contribution >= 4 is 17.7 Å². The molecule has 1 aromatic heterocycles. The van der Waals surface area contributed by atoms with Crippen LogP contribution in [0.1, 0.15) is 52.3 Å². The highest BCUT2D eigenvalue weighted by molar-refractivity contribution is 7.99. The van der Waals surface area contributed by atoms with E-state index in [1.807, 2.05) is 4.90 Å². The molecule has 1 heterocycles. The third kappa shape index (κ3) is 5.57. The number of hydrogen-bond acceptors (Lipinski definition) is 5. The maximum absolute atomic E-state index is 12.2. The van der Waals surface area contributed by atoms with Crippen molar-refractivity contribution in [2.45, 2.75) is 58.0 Å². The summed E-state index contributed by atoms with van der Waals surface area (Å²) in [5.41, 5.74) is 0. The molecule has 1 aromatic rings. The number of unbranched alkanes of at least 4 members (excludes halogenated alkanes) is 1. The maximum atomic E-state index is 12.2. The molecular formula is C14H27N5OS. The van der Waals surface area contributed by atoms with Crippen LogP contribution in [0.2, 0.25) is 0 Å². The number of rotatable bonds is 10. The molecule has 0 aromatic carbocycles. The minimum absolute atomic E-state index is 0.141. The van der Waals surface area contributed by atoms with Crippen molar-refractivity contribution in [1.29, 1.82) is 0 Å². The monoisotopic (exact) mass is 313 g/mol. The third-order valence-electron chi connectivity index (χ3n) is 3.15. The normalized spacial score (nSPS) is 10.8. The van der Waals surface area contributed by atoms with Gasteiger partial charge in [-0.15, -0.1) is 10.2 Å². The van der Waals surface area contributed by atoms with Crippen LogP contribution in [0, 0.1) is 0 Å². The van der Waals surface area contributed by atoms with E-state index in [1.165, 1.54) is 16.4 Å². The Morgan fingerprint density at radius 3 is 2.43 bits per heavy atom. The zero-order valence-corrected chi connectivity index (χ0v) is 14.2. The molecule has 0 saturated heterocycles. The summed E-state index contributed by atoms with van der Waals surface area (Å²) >= 11 is 1.36. The van der Waals surface area contributed by atoms with Gasteiger partial charge in [-0.1, -0.05) is 39.0 Å². The fraction of sp³-hybridized carbons (Fsp3) is 0.786. The molecule has 2 N–H and O–H groups in total. The third-order valence-corrected chi connectivity index (χ3v) is 4.08. The summed E-state index contributed by atoms with van der Waals surface area (Å²) in [7, 11) is 0. The Morgan fingerprint density at radius 2 is 1.86 bits per heavy atom. The molecular weight excluding hydrogens is 286 g/mol. The van der Waals surface area contributed by atoms with E-state index >= 15 is 0 Å². The molecule has 0 atom stereocenters. The van der Waals surface area contributed by atoms with Gasteiger partial charge in [0.25, 0.3) is 0 Å². The average molecular weight is 313 g/mol. The number of amides is 1. The van der Waals surface area contributed by atoms with Gasteiger partial charge in [0.15, 0.2) is 5.82 Å². The summed E-state index contributed by atoms with van der Waals surface area (Å²) in [5, 5.41) is 8.78. The fourth-order valence-electron chi connectivity index (χ4n) is 2.03. The van der Waals surface area contributed by atoms with Crippen molar-refractivity contribution in [2.75, 3.05) is 24.7 Å². The number of aromatic nitrogens is 3. The van der Waals surface area contributed by atoms with E-state index in [9.17, 15) is 4.79 Å². The zero-order chi connectivity index (χ0) is 15.7. The van der Waals surface area contributed by atoms with Gasteiger partial charge in [-0.3, -0.25) is 4.79 Å². The second-order valence-electron chi connectivity index (χ2n) is 5.04. The second-order valence-corrected chi connectivity index (χ2v) is 5.98. The lowest BCUT2D eigenvalue weighted by molar-refractivity contribution is -0.128. The van der Waals surface area contributed by atoms with Gasteiger partial charge < -0.3 is 10.7 Å². The number of hydrogen-bond donors (Lipinski definition) is 1. The number of carbonyl (C=O) groups is 1. The minimum atomic E-state index is 0.141. The van der Waals surface area contributed by atoms with Crippen LogP contribution < -0.4 is 5.84 Å². The first-order chi connectivity index (χ1) is 10.1. The number of nitrogen functional groups attached to an aromatic ring is 1. The largest absolute Gasteiger partial charge is 0.342 e. The summed E-state index contributed by atoms with van der Waals surface area (Å²) < 4.78 is 1.51. The van der Waals surface area contributed by atoms with Gasteiger partial charge in [-0.25, -0.2) is 4.68 Å². The van der Waals surface area contributed by atoms with Crippen LogP contribution in [0.5, 0.6) is 0 Å². The summed E-state index contributed by atoms with van der Waals surface area (Å²) in [6, 6.07) is 0. The van der Waals surface area contributed by atoms with Crippen molar-refractivity contribution in [3.63, 3.8) is 0 Å². The predicted molar refractivity (Wildman–Crippen MR) is 86.7 cm³/mol. The Balaban J connectivity index is 2.53. The zero-order valence-electron chi connectivity index (χ0n) is 13.3. The van der Waals surface area contributed by atoms with Crippen LogP contribution >= 0.6 is 11.8 Å². The Kier molecular flexibility index (Phi) is 8.19. The molecule has 21 heavy (non-hydrogen) atoms. The van der Waals surface area contributed by atoms with Crippen LogP contribution in [0.15, 0.2) is 5.16 Å². The second kappa shape index (κ2) is 9.65. The topological polar surface area (TPSA) is 77.0 Å². The Hall–Kier alpha value is -1.24. The summed E-state index contributed by atoms with van der Waals surface area (Å²) in [6.07, 6.45) is 4.91. The Bertz CT molecular complexity index is 429. The Morgan fingerprint density at radius 1 is 1.19 bits per heavy atom. The van der Waals surface area contributed by atoms with Gasteiger partial charge in [0.2, 0.25) is 11.1 Å². The van der Waals surface area contributed by atoms with Gasteiger partial charge in [0, 0.05) is 19.5 Å². The molecule has 7 heteroatoms. The highest BCUT2D eigenvalue weighted by Crippen LogP contribution is 2.16. The number of nitrogens with zero attached hydrogens (tertiary/aromatic N) is 4. The average Bonchev–Trinajstić information content (AvgIpc) is 2.83. The lowest BCUT2D eigenvalue weighted by atomic mass is 10.2. The molecule has 0 bridgehead atoms. The number of aryl methyl sites for hydroxylation is 1. The van der Waals surface area contributed by atoms with Gasteiger partial charge >= 0.3 is 0 Å². The number of carbonyl (C=O) groups excluding carboxylic acids is 1. The molecule has 0 saturated carbocycles. The first kappa shape index (κ1) is 17.8. The highest BCUT2D eigenvalue weighted by Gasteiger charge is 2.15.